The van der Waals surface area contributed by atoms with Crippen molar-refractivity contribution in [3.8, 4) is 5.75 Å². The van der Waals surface area contributed by atoms with E-state index in [1.165, 1.54) is 0 Å². The first-order chi connectivity index (χ1) is 12.9. The Hall–Kier alpha value is -2.24. The van der Waals surface area contributed by atoms with Crippen LogP contribution in [0.1, 0.15) is 22.3 Å². The molecule has 6 heteroatoms. The minimum absolute atomic E-state index is 0.0473. The van der Waals surface area contributed by atoms with E-state index in [4.69, 9.17) is 11.6 Å². The van der Waals surface area contributed by atoms with Crippen molar-refractivity contribution in [2.75, 3.05) is 43.5 Å². The van der Waals surface area contributed by atoms with Gasteiger partial charge in [-0.3, -0.25) is 4.79 Å². The molecular formula is C21H24ClN3O2. The van der Waals surface area contributed by atoms with Gasteiger partial charge in [-0.1, -0.05) is 11.6 Å². The Morgan fingerprint density at radius 2 is 1.96 bits per heavy atom. The Labute approximate surface area is 164 Å². The van der Waals surface area contributed by atoms with E-state index in [9.17, 15) is 9.90 Å². The number of anilines is 2. The summed E-state index contributed by atoms with van der Waals surface area (Å²) in [6.07, 6.45) is 1.84. The Balaban J connectivity index is 1.56. The fraction of sp³-hybridized carbons (Fsp3) is 0.381. The monoisotopic (exact) mass is 385 g/mol. The highest BCUT2D eigenvalue weighted by atomic mass is 35.5. The second-order valence-electron chi connectivity index (χ2n) is 7.54. The van der Waals surface area contributed by atoms with E-state index in [1.807, 2.05) is 18.2 Å². The highest BCUT2D eigenvalue weighted by molar-refractivity contribution is 6.33. The third kappa shape index (κ3) is 3.37. The average Bonchev–Trinajstić information content (AvgIpc) is 3.12. The summed E-state index contributed by atoms with van der Waals surface area (Å²) < 4.78 is 0. The van der Waals surface area contributed by atoms with Gasteiger partial charge in [-0.25, -0.2) is 0 Å². The molecule has 0 saturated carbocycles. The molecule has 142 valence electrons. The molecule has 0 bridgehead atoms. The quantitative estimate of drug-likeness (QED) is 0.879. The third-order valence-corrected chi connectivity index (χ3v) is 5.95. The van der Waals surface area contributed by atoms with Gasteiger partial charge in [0.2, 0.25) is 0 Å². The molecule has 27 heavy (non-hydrogen) atoms. The van der Waals surface area contributed by atoms with Crippen molar-refractivity contribution in [1.82, 2.24) is 4.90 Å². The lowest BCUT2D eigenvalue weighted by Crippen LogP contribution is -2.37. The maximum atomic E-state index is 12.9. The number of rotatable bonds is 3. The topological polar surface area (TPSA) is 47.0 Å². The smallest absolute Gasteiger partial charge is 0.258 e. The number of phenols is 1. The maximum absolute atomic E-state index is 12.9. The molecule has 2 heterocycles. The number of carbonyl (C=O) groups excluding carboxylic acids is 1. The normalized spacial score (nSPS) is 19.7. The first-order valence-corrected chi connectivity index (χ1v) is 9.66. The maximum Gasteiger partial charge on any atom is 0.258 e. The molecule has 2 aliphatic heterocycles. The fourth-order valence-corrected chi connectivity index (χ4v) is 4.32. The van der Waals surface area contributed by atoms with Gasteiger partial charge < -0.3 is 19.8 Å². The highest BCUT2D eigenvalue weighted by Gasteiger charge is 2.28. The van der Waals surface area contributed by atoms with Crippen molar-refractivity contribution in [3.63, 3.8) is 0 Å². The molecule has 0 aromatic heterocycles. The molecule has 4 rings (SSSR count). The number of likely N-dealkylation sites (N-methyl/N-ethyl adjacent to an activating group) is 1. The molecule has 0 radical (unpaired) electrons. The number of hydrogen-bond acceptors (Lipinski definition) is 4. The van der Waals surface area contributed by atoms with Crippen LogP contribution in [0.4, 0.5) is 11.4 Å². The zero-order valence-electron chi connectivity index (χ0n) is 15.7. The minimum Gasteiger partial charge on any atom is -0.508 e. The van der Waals surface area contributed by atoms with E-state index in [-0.39, 0.29) is 11.7 Å². The largest absolute Gasteiger partial charge is 0.508 e. The molecule has 2 aromatic rings. The predicted octanol–water partition coefficient (Wildman–Crippen LogP) is 3.39. The van der Waals surface area contributed by atoms with Gasteiger partial charge in [-0.05, 0) is 68.9 Å². The Morgan fingerprint density at radius 3 is 2.67 bits per heavy atom. The van der Waals surface area contributed by atoms with Crippen LogP contribution >= 0.6 is 11.6 Å². The SMILES string of the molecule is CN(C)C1CCN(c2ccc(N3CCc4cc(O)ccc4C3=O)cc2Cl)C1. The van der Waals surface area contributed by atoms with Gasteiger partial charge in [0.25, 0.3) is 5.91 Å². The summed E-state index contributed by atoms with van der Waals surface area (Å²) in [7, 11) is 4.22. The van der Waals surface area contributed by atoms with Gasteiger partial charge in [0.15, 0.2) is 0 Å². The van der Waals surface area contributed by atoms with Crippen molar-refractivity contribution in [1.29, 1.82) is 0 Å². The van der Waals surface area contributed by atoms with Gasteiger partial charge in [-0.2, -0.15) is 0 Å². The molecule has 5 nitrogen and oxygen atoms in total. The van der Waals surface area contributed by atoms with Crippen LogP contribution in [0.2, 0.25) is 5.02 Å². The van der Waals surface area contributed by atoms with Crippen LogP contribution < -0.4 is 9.80 Å². The number of hydrogen-bond donors (Lipinski definition) is 1. The number of amides is 1. The molecule has 1 saturated heterocycles. The number of phenolic OH excluding ortho intramolecular Hbond substituents is 1. The summed E-state index contributed by atoms with van der Waals surface area (Å²) in [4.78, 5) is 19.2. The highest BCUT2D eigenvalue weighted by Crippen LogP contribution is 2.35. The van der Waals surface area contributed by atoms with Crippen LogP contribution in [0, 0.1) is 0 Å². The van der Waals surface area contributed by atoms with Crippen molar-refractivity contribution in [2.24, 2.45) is 0 Å². The number of fused-ring (bicyclic) bond motifs is 1. The van der Waals surface area contributed by atoms with E-state index >= 15 is 0 Å². The fourth-order valence-electron chi connectivity index (χ4n) is 4.02. The van der Waals surface area contributed by atoms with Crippen LogP contribution in [-0.2, 0) is 6.42 Å². The Bertz CT molecular complexity index is 884. The minimum atomic E-state index is -0.0473. The molecule has 2 aromatic carbocycles. The molecule has 0 spiro atoms. The lowest BCUT2D eigenvalue weighted by Gasteiger charge is -2.30. The summed E-state index contributed by atoms with van der Waals surface area (Å²) >= 11 is 6.60. The summed E-state index contributed by atoms with van der Waals surface area (Å²) in [6, 6.07) is 11.4. The van der Waals surface area contributed by atoms with Gasteiger partial charge >= 0.3 is 0 Å². The molecule has 2 aliphatic rings. The molecule has 1 unspecified atom stereocenters. The lowest BCUT2D eigenvalue weighted by atomic mass is 9.98. The molecule has 1 N–H and O–H groups in total. The second kappa shape index (κ2) is 7.06. The van der Waals surface area contributed by atoms with Crippen molar-refractivity contribution < 1.29 is 9.90 Å². The number of benzene rings is 2. The number of aromatic hydroxyl groups is 1. The predicted molar refractivity (Wildman–Crippen MR) is 109 cm³/mol. The van der Waals surface area contributed by atoms with Crippen LogP contribution in [0.3, 0.4) is 0 Å². The van der Waals surface area contributed by atoms with Crippen LogP contribution in [-0.4, -0.2) is 55.7 Å². The van der Waals surface area contributed by atoms with Gasteiger partial charge in [0, 0.05) is 36.9 Å². The first-order valence-electron chi connectivity index (χ1n) is 9.28. The van der Waals surface area contributed by atoms with E-state index in [0.717, 1.165) is 36.4 Å². The summed E-state index contributed by atoms with van der Waals surface area (Å²) in [5.41, 5.74) is 3.38. The van der Waals surface area contributed by atoms with E-state index in [0.29, 0.717) is 29.6 Å². The number of halogens is 1. The van der Waals surface area contributed by atoms with Crippen molar-refractivity contribution in [3.05, 3.63) is 52.5 Å². The Morgan fingerprint density at radius 1 is 1.15 bits per heavy atom. The van der Waals surface area contributed by atoms with E-state index in [1.54, 1.807) is 23.1 Å². The second-order valence-corrected chi connectivity index (χ2v) is 7.94. The zero-order valence-corrected chi connectivity index (χ0v) is 16.4. The standard InChI is InChI=1S/C21H24ClN3O2/c1-23(2)16-8-9-24(13-16)20-6-3-15(12-19(20)22)25-10-7-14-11-17(26)4-5-18(14)21(25)27/h3-6,11-12,16,26H,7-10,13H2,1-2H3. The van der Waals surface area contributed by atoms with Gasteiger partial charge in [-0.15, -0.1) is 0 Å². The molecule has 1 atom stereocenters. The summed E-state index contributed by atoms with van der Waals surface area (Å²) in [5.74, 6) is 0.151. The number of carbonyl (C=O) groups is 1. The summed E-state index contributed by atoms with van der Waals surface area (Å²) in [5, 5.41) is 10.3. The van der Waals surface area contributed by atoms with Gasteiger partial charge in [0.05, 0.1) is 10.7 Å². The van der Waals surface area contributed by atoms with E-state index < -0.39 is 0 Å². The molecule has 0 aliphatic carbocycles. The van der Waals surface area contributed by atoms with Gasteiger partial charge in [0.1, 0.15) is 5.75 Å². The molecule has 1 fully saturated rings. The van der Waals surface area contributed by atoms with Crippen molar-refractivity contribution in [2.45, 2.75) is 18.9 Å². The van der Waals surface area contributed by atoms with Crippen LogP contribution in [0.25, 0.3) is 0 Å². The Kier molecular flexibility index (Phi) is 4.74. The number of nitrogens with zero attached hydrogens (tertiary/aromatic N) is 3. The zero-order chi connectivity index (χ0) is 19.1. The molecule has 1 amide bonds. The first kappa shape index (κ1) is 18.1. The average molecular weight is 386 g/mol. The molecular weight excluding hydrogens is 362 g/mol. The van der Waals surface area contributed by atoms with Crippen LogP contribution in [0.5, 0.6) is 5.75 Å². The van der Waals surface area contributed by atoms with Crippen LogP contribution in [0.15, 0.2) is 36.4 Å². The summed E-state index contributed by atoms with van der Waals surface area (Å²) in [6.45, 7) is 2.53. The van der Waals surface area contributed by atoms with E-state index in [2.05, 4.69) is 23.9 Å². The lowest BCUT2D eigenvalue weighted by molar-refractivity contribution is 0.0980. The third-order valence-electron chi connectivity index (χ3n) is 5.65. The van der Waals surface area contributed by atoms with Crippen molar-refractivity contribution >= 4 is 28.9 Å².